The van der Waals surface area contributed by atoms with E-state index in [1.807, 2.05) is 17.9 Å². The second-order valence-corrected chi connectivity index (χ2v) is 3.78. The van der Waals surface area contributed by atoms with Crippen LogP contribution < -0.4 is 10.6 Å². The van der Waals surface area contributed by atoms with Gasteiger partial charge in [0.2, 0.25) is 0 Å². The molecule has 2 heterocycles. The molecule has 1 saturated heterocycles. The lowest BCUT2D eigenvalue weighted by atomic mass is 10.2. The van der Waals surface area contributed by atoms with Crippen molar-refractivity contribution < 1.29 is 0 Å². The summed E-state index contributed by atoms with van der Waals surface area (Å²) in [6.07, 6.45) is 3.19. The third-order valence-electron chi connectivity index (χ3n) is 2.81. The van der Waals surface area contributed by atoms with Gasteiger partial charge in [-0.3, -0.25) is 0 Å². The summed E-state index contributed by atoms with van der Waals surface area (Å²) in [5.41, 5.74) is 1.01. The molecule has 2 N–H and O–H groups in total. The summed E-state index contributed by atoms with van der Waals surface area (Å²) in [4.78, 5) is 0. The monoisotopic (exact) mass is 195 g/mol. The molecule has 1 aliphatic rings. The van der Waals surface area contributed by atoms with E-state index in [0.717, 1.165) is 25.2 Å². The van der Waals surface area contributed by atoms with Gasteiger partial charge in [0.15, 0.2) is 0 Å². The SMILES string of the molecule is CN[C@@H](C)c1cn([C@@H]2CCNC2)nn1. The van der Waals surface area contributed by atoms with E-state index in [0.29, 0.717) is 6.04 Å². The summed E-state index contributed by atoms with van der Waals surface area (Å²) in [6.45, 7) is 4.18. The third kappa shape index (κ3) is 1.78. The van der Waals surface area contributed by atoms with Crippen LogP contribution in [-0.4, -0.2) is 35.1 Å². The Kier molecular flexibility index (Phi) is 2.79. The minimum absolute atomic E-state index is 0.276. The molecule has 2 rings (SSSR count). The fourth-order valence-corrected chi connectivity index (χ4v) is 1.68. The van der Waals surface area contributed by atoms with Gasteiger partial charge in [0.25, 0.3) is 0 Å². The fraction of sp³-hybridized carbons (Fsp3) is 0.778. The Morgan fingerprint density at radius 2 is 2.57 bits per heavy atom. The molecular formula is C9H17N5. The first kappa shape index (κ1) is 9.61. The van der Waals surface area contributed by atoms with Crippen LogP contribution in [0, 0.1) is 0 Å². The molecular weight excluding hydrogens is 178 g/mol. The van der Waals surface area contributed by atoms with Crippen molar-refractivity contribution in [3.8, 4) is 0 Å². The van der Waals surface area contributed by atoms with E-state index in [-0.39, 0.29) is 6.04 Å². The molecule has 0 aliphatic carbocycles. The maximum Gasteiger partial charge on any atom is 0.0993 e. The van der Waals surface area contributed by atoms with Crippen LogP contribution in [0.3, 0.4) is 0 Å². The summed E-state index contributed by atoms with van der Waals surface area (Å²) < 4.78 is 1.98. The molecule has 1 aromatic rings. The van der Waals surface area contributed by atoms with E-state index < -0.39 is 0 Å². The highest BCUT2D eigenvalue weighted by molar-refractivity contribution is 4.99. The number of nitrogens with zero attached hydrogens (tertiary/aromatic N) is 3. The van der Waals surface area contributed by atoms with Crippen molar-refractivity contribution in [3.05, 3.63) is 11.9 Å². The molecule has 0 bridgehead atoms. The second kappa shape index (κ2) is 4.06. The predicted octanol–water partition coefficient (Wildman–Crippen LogP) is 0.0929. The average molecular weight is 195 g/mol. The lowest BCUT2D eigenvalue weighted by Crippen LogP contribution is -2.14. The van der Waals surface area contributed by atoms with Gasteiger partial charge in [-0.15, -0.1) is 5.10 Å². The van der Waals surface area contributed by atoms with Crippen LogP contribution in [0.4, 0.5) is 0 Å². The molecule has 78 valence electrons. The van der Waals surface area contributed by atoms with Crippen molar-refractivity contribution in [1.29, 1.82) is 0 Å². The maximum absolute atomic E-state index is 4.15. The zero-order valence-corrected chi connectivity index (χ0v) is 8.70. The van der Waals surface area contributed by atoms with E-state index in [2.05, 4.69) is 27.9 Å². The topological polar surface area (TPSA) is 54.8 Å². The number of aromatic nitrogens is 3. The van der Waals surface area contributed by atoms with E-state index in [1.165, 1.54) is 0 Å². The molecule has 0 aromatic carbocycles. The first-order valence-electron chi connectivity index (χ1n) is 5.11. The maximum atomic E-state index is 4.15. The van der Waals surface area contributed by atoms with E-state index in [4.69, 9.17) is 0 Å². The quantitative estimate of drug-likeness (QED) is 0.718. The van der Waals surface area contributed by atoms with Crippen LogP contribution in [-0.2, 0) is 0 Å². The van der Waals surface area contributed by atoms with Gasteiger partial charge < -0.3 is 10.6 Å². The second-order valence-electron chi connectivity index (χ2n) is 3.78. The fourth-order valence-electron chi connectivity index (χ4n) is 1.68. The molecule has 14 heavy (non-hydrogen) atoms. The molecule has 5 nitrogen and oxygen atoms in total. The van der Waals surface area contributed by atoms with Gasteiger partial charge in [-0.25, -0.2) is 4.68 Å². The zero-order valence-electron chi connectivity index (χ0n) is 8.70. The molecule has 0 spiro atoms. The van der Waals surface area contributed by atoms with Gasteiger partial charge in [0.1, 0.15) is 0 Å². The molecule has 5 heteroatoms. The minimum Gasteiger partial charge on any atom is -0.315 e. The van der Waals surface area contributed by atoms with E-state index in [9.17, 15) is 0 Å². The number of rotatable bonds is 3. The summed E-state index contributed by atoms with van der Waals surface area (Å²) in [6, 6.07) is 0.762. The lowest BCUT2D eigenvalue weighted by molar-refractivity contribution is 0.476. The first-order chi connectivity index (χ1) is 6.81. The first-order valence-corrected chi connectivity index (χ1v) is 5.11. The Morgan fingerprint density at radius 3 is 3.21 bits per heavy atom. The molecule has 2 atom stereocenters. The molecule has 0 saturated carbocycles. The van der Waals surface area contributed by atoms with Crippen molar-refractivity contribution >= 4 is 0 Å². The normalized spacial score (nSPS) is 24.0. The highest BCUT2D eigenvalue weighted by Gasteiger charge is 2.18. The number of nitrogens with one attached hydrogen (secondary N) is 2. The van der Waals surface area contributed by atoms with Gasteiger partial charge in [-0.05, 0) is 26.9 Å². The standard InChI is InChI=1S/C9H17N5/c1-7(10-2)9-6-14(13-12-9)8-3-4-11-5-8/h6-8,10-11H,3-5H2,1-2H3/t7-,8+/m0/s1. The van der Waals surface area contributed by atoms with Crippen molar-refractivity contribution in [2.75, 3.05) is 20.1 Å². The highest BCUT2D eigenvalue weighted by atomic mass is 15.4. The van der Waals surface area contributed by atoms with E-state index in [1.54, 1.807) is 0 Å². The van der Waals surface area contributed by atoms with Crippen molar-refractivity contribution in [2.45, 2.75) is 25.4 Å². The van der Waals surface area contributed by atoms with E-state index >= 15 is 0 Å². The number of hydrogen-bond donors (Lipinski definition) is 2. The van der Waals surface area contributed by atoms with Crippen molar-refractivity contribution in [1.82, 2.24) is 25.6 Å². The summed E-state index contributed by atoms with van der Waals surface area (Å²) in [5, 5.41) is 14.8. The van der Waals surface area contributed by atoms with Gasteiger partial charge in [0, 0.05) is 12.6 Å². The molecule has 0 radical (unpaired) electrons. The van der Waals surface area contributed by atoms with Gasteiger partial charge in [-0.1, -0.05) is 5.21 Å². The predicted molar refractivity (Wildman–Crippen MR) is 54.0 cm³/mol. The Morgan fingerprint density at radius 1 is 1.71 bits per heavy atom. The largest absolute Gasteiger partial charge is 0.315 e. The minimum atomic E-state index is 0.276. The van der Waals surface area contributed by atoms with Gasteiger partial charge in [0.05, 0.1) is 17.9 Å². The Bertz CT molecular complexity index is 289. The van der Waals surface area contributed by atoms with Crippen LogP contribution >= 0.6 is 0 Å². The van der Waals surface area contributed by atoms with Gasteiger partial charge >= 0.3 is 0 Å². The number of hydrogen-bond acceptors (Lipinski definition) is 4. The van der Waals surface area contributed by atoms with Crippen LogP contribution in [0.25, 0.3) is 0 Å². The summed E-state index contributed by atoms with van der Waals surface area (Å²) >= 11 is 0. The zero-order chi connectivity index (χ0) is 9.97. The molecule has 0 unspecified atom stereocenters. The molecule has 0 amide bonds. The Hall–Kier alpha value is -0.940. The van der Waals surface area contributed by atoms with Crippen LogP contribution in [0.2, 0.25) is 0 Å². The van der Waals surface area contributed by atoms with Gasteiger partial charge in [-0.2, -0.15) is 0 Å². The van der Waals surface area contributed by atoms with Crippen molar-refractivity contribution in [3.63, 3.8) is 0 Å². The third-order valence-corrected chi connectivity index (χ3v) is 2.81. The Balaban J connectivity index is 2.08. The summed E-state index contributed by atoms with van der Waals surface area (Å²) in [7, 11) is 1.93. The highest BCUT2D eigenvalue weighted by Crippen LogP contribution is 2.15. The Labute approximate surface area is 83.9 Å². The smallest absolute Gasteiger partial charge is 0.0993 e. The molecule has 1 fully saturated rings. The van der Waals surface area contributed by atoms with Crippen LogP contribution in [0.5, 0.6) is 0 Å². The van der Waals surface area contributed by atoms with Crippen LogP contribution in [0.1, 0.15) is 31.1 Å². The average Bonchev–Trinajstić information content (AvgIpc) is 2.86. The summed E-state index contributed by atoms with van der Waals surface area (Å²) in [5.74, 6) is 0. The van der Waals surface area contributed by atoms with Crippen molar-refractivity contribution in [2.24, 2.45) is 0 Å². The molecule has 1 aliphatic heterocycles. The molecule has 1 aromatic heterocycles. The van der Waals surface area contributed by atoms with Crippen LogP contribution in [0.15, 0.2) is 6.20 Å². The lowest BCUT2D eigenvalue weighted by Gasteiger charge is -2.07.